The van der Waals surface area contributed by atoms with E-state index in [-0.39, 0.29) is 0 Å². The molecule has 2 heteroatoms. The molecule has 0 spiro atoms. The number of nitrogens with zero attached hydrogens (tertiary/aromatic N) is 1. The second kappa shape index (κ2) is 5.71. The van der Waals surface area contributed by atoms with Gasteiger partial charge in [0.2, 0.25) is 0 Å². The van der Waals surface area contributed by atoms with Crippen LogP contribution < -0.4 is 5.32 Å². The van der Waals surface area contributed by atoms with Crippen LogP contribution >= 0.6 is 0 Å². The zero-order valence-corrected chi connectivity index (χ0v) is 11.2. The molecular formula is C15H28N2. The molecule has 98 valence electrons. The van der Waals surface area contributed by atoms with E-state index in [1.54, 1.807) is 0 Å². The lowest BCUT2D eigenvalue weighted by atomic mass is 9.85. The van der Waals surface area contributed by atoms with Gasteiger partial charge in [0.15, 0.2) is 0 Å². The average Bonchev–Trinajstić information content (AvgIpc) is 2.59. The topological polar surface area (TPSA) is 15.3 Å². The summed E-state index contributed by atoms with van der Waals surface area (Å²) in [5.74, 6) is 1.05. The third-order valence-corrected chi connectivity index (χ3v) is 5.24. The molecule has 1 aliphatic carbocycles. The lowest BCUT2D eigenvalue weighted by Gasteiger charge is -2.34. The lowest BCUT2D eigenvalue weighted by molar-refractivity contribution is 0.166. The van der Waals surface area contributed by atoms with E-state index >= 15 is 0 Å². The van der Waals surface area contributed by atoms with Crippen molar-refractivity contribution in [2.75, 3.05) is 19.6 Å². The van der Waals surface area contributed by atoms with Crippen molar-refractivity contribution in [2.45, 2.75) is 69.9 Å². The first-order chi connectivity index (χ1) is 8.43. The Morgan fingerprint density at radius 2 is 1.76 bits per heavy atom. The van der Waals surface area contributed by atoms with Gasteiger partial charge in [-0.3, -0.25) is 4.90 Å². The average molecular weight is 236 g/mol. The van der Waals surface area contributed by atoms with Gasteiger partial charge in [-0.1, -0.05) is 25.7 Å². The largest absolute Gasteiger partial charge is 0.313 e. The molecule has 17 heavy (non-hydrogen) atoms. The van der Waals surface area contributed by atoms with Crippen molar-refractivity contribution in [3.8, 4) is 0 Å². The van der Waals surface area contributed by atoms with E-state index in [1.165, 1.54) is 77.4 Å². The van der Waals surface area contributed by atoms with Gasteiger partial charge in [-0.25, -0.2) is 0 Å². The summed E-state index contributed by atoms with van der Waals surface area (Å²) in [5.41, 5.74) is 0. The number of rotatable bonds is 2. The van der Waals surface area contributed by atoms with Crippen LogP contribution in [0.4, 0.5) is 0 Å². The molecule has 2 heterocycles. The molecule has 0 aromatic rings. The Morgan fingerprint density at radius 3 is 2.76 bits per heavy atom. The Bertz CT molecular complexity index is 233. The summed E-state index contributed by atoms with van der Waals surface area (Å²) in [6.45, 7) is 3.97. The van der Waals surface area contributed by atoms with Gasteiger partial charge in [0, 0.05) is 18.6 Å². The first-order valence-corrected chi connectivity index (χ1v) is 7.91. The lowest BCUT2D eigenvalue weighted by Crippen LogP contribution is -2.44. The quantitative estimate of drug-likeness (QED) is 0.793. The summed E-state index contributed by atoms with van der Waals surface area (Å²) in [6.07, 6.45) is 13.1. The fourth-order valence-corrected chi connectivity index (χ4v) is 4.27. The van der Waals surface area contributed by atoms with E-state index in [0.29, 0.717) is 0 Å². The molecule has 0 bridgehead atoms. The third-order valence-electron chi connectivity index (χ3n) is 5.24. The predicted octanol–water partition coefficient (Wildman–Crippen LogP) is 2.78. The summed E-state index contributed by atoms with van der Waals surface area (Å²) < 4.78 is 0. The summed E-state index contributed by atoms with van der Waals surface area (Å²) in [6, 6.07) is 1.74. The fraction of sp³-hybridized carbons (Fsp3) is 1.00. The molecule has 3 unspecified atom stereocenters. The number of fused-ring (bicyclic) bond motifs is 1. The highest BCUT2D eigenvalue weighted by Gasteiger charge is 2.36. The molecular weight excluding hydrogens is 208 g/mol. The maximum Gasteiger partial charge on any atom is 0.0195 e. The Hall–Kier alpha value is -0.0800. The molecule has 2 aliphatic heterocycles. The second-order valence-corrected chi connectivity index (χ2v) is 6.40. The minimum atomic E-state index is 0.790. The van der Waals surface area contributed by atoms with Gasteiger partial charge in [0.25, 0.3) is 0 Å². The highest BCUT2D eigenvalue weighted by molar-refractivity contribution is 4.91. The molecule has 2 nitrogen and oxygen atoms in total. The highest BCUT2D eigenvalue weighted by atomic mass is 15.2. The third kappa shape index (κ3) is 2.85. The standard InChI is InChI=1S/C15H28N2/c1-2-7-14(16-10-5-1)12-17-11-9-13-6-3-4-8-15(13)17/h13-16H,1-12H2. The maximum atomic E-state index is 3.76. The van der Waals surface area contributed by atoms with Crippen molar-refractivity contribution in [2.24, 2.45) is 5.92 Å². The Kier molecular flexibility index (Phi) is 4.02. The van der Waals surface area contributed by atoms with Gasteiger partial charge in [0.05, 0.1) is 0 Å². The maximum absolute atomic E-state index is 3.76. The number of hydrogen-bond donors (Lipinski definition) is 1. The van der Waals surface area contributed by atoms with Crippen LogP contribution in [0.1, 0.15) is 57.8 Å². The van der Waals surface area contributed by atoms with E-state index in [4.69, 9.17) is 0 Å². The van der Waals surface area contributed by atoms with E-state index in [0.717, 1.165) is 18.0 Å². The summed E-state index contributed by atoms with van der Waals surface area (Å²) >= 11 is 0. The Labute approximate surface area is 106 Å². The minimum Gasteiger partial charge on any atom is -0.313 e. The smallest absolute Gasteiger partial charge is 0.0195 e. The second-order valence-electron chi connectivity index (χ2n) is 6.40. The van der Waals surface area contributed by atoms with Crippen LogP contribution in [0.2, 0.25) is 0 Å². The molecule has 3 fully saturated rings. The molecule has 3 rings (SSSR count). The fourth-order valence-electron chi connectivity index (χ4n) is 4.27. The zero-order valence-electron chi connectivity index (χ0n) is 11.2. The first-order valence-electron chi connectivity index (χ1n) is 7.91. The van der Waals surface area contributed by atoms with E-state index in [1.807, 2.05) is 0 Å². The molecule has 0 amide bonds. The zero-order chi connectivity index (χ0) is 11.5. The highest BCUT2D eigenvalue weighted by Crippen LogP contribution is 2.36. The van der Waals surface area contributed by atoms with Gasteiger partial charge < -0.3 is 5.32 Å². The Balaban J connectivity index is 1.53. The van der Waals surface area contributed by atoms with Gasteiger partial charge in [-0.05, 0) is 51.1 Å². The number of hydrogen-bond acceptors (Lipinski definition) is 2. The van der Waals surface area contributed by atoms with Crippen molar-refractivity contribution in [3.63, 3.8) is 0 Å². The van der Waals surface area contributed by atoms with Gasteiger partial charge in [0.1, 0.15) is 0 Å². The molecule has 2 saturated heterocycles. The number of likely N-dealkylation sites (tertiary alicyclic amines) is 1. The molecule has 3 atom stereocenters. The van der Waals surface area contributed by atoms with Crippen molar-refractivity contribution in [1.29, 1.82) is 0 Å². The van der Waals surface area contributed by atoms with Crippen LogP contribution in [-0.4, -0.2) is 36.6 Å². The van der Waals surface area contributed by atoms with Crippen molar-refractivity contribution in [1.82, 2.24) is 10.2 Å². The summed E-state index contributed by atoms with van der Waals surface area (Å²) in [7, 11) is 0. The number of nitrogens with one attached hydrogen (secondary N) is 1. The van der Waals surface area contributed by atoms with Crippen LogP contribution in [0.3, 0.4) is 0 Å². The van der Waals surface area contributed by atoms with E-state index in [9.17, 15) is 0 Å². The van der Waals surface area contributed by atoms with E-state index in [2.05, 4.69) is 10.2 Å². The van der Waals surface area contributed by atoms with E-state index < -0.39 is 0 Å². The van der Waals surface area contributed by atoms with Crippen molar-refractivity contribution >= 4 is 0 Å². The minimum absolute atomic E-state index is 0.790. The predicted molar refractivity (Wildman–Crippen MR) is 72.2 cm³/mol. The normalized spacial score (nSPS) is 39.9. The van der Waals surface area contributed by atoms with Gasteiger partial charge in [-0.2, -0.15) is 0 Å². The van der Waals surface area contributed by atoms with Crippen LogP contribution in [0.15, 0.2) is 0 Å². The molecule has 3 aliphatic rings. The van der Waals surface area contributed by atoms with Crippen LogP contribution in [0.25, 0.3) is 0 Å². The summed E-state index contributed by atoms with van der Waals surface area (Å²) in [5, 5.41) is 3.76. The molecule has 1 saturated carbocycles. The van der Waals surface area contributed by atoms with Crippen molar-refractivity contribution < 1.29 is 0 Å². The SMILES string of the molecule is C1CCNC(CN2CCC3CCCCC32)CC1. The molecule has 0 radical (unpaired) electrons. The van der Waals surface area contributed by atoms with Gasteiger partial charge in [-0.15, -0.1) is 0 Å². The summed E-state index contributed by atoms with van der Waals surface area (Å²) in [4.78, 5) is 2.83. The Morgan fingerprint density at radius 1 is 0.882 bits per heavy atom. The molecule has 0 aromatic heterocycles. The monoisotopic (exact) mass is 236 g/mol. The van der Waals surface area contributed by atoms with Crippen LogP contribution in [-0.2, 0) is 0 Å². The molecule has 1 N–H and O–H groups in total. The van der Waals surface area contributed by atoms with Gasteiger partial charge >= 0.3 is 0 Å². The van der Waals surface area contributed by atoms with Crippen LogP contribution in [0, 0.1) is 5.92 Å². The van der Waals surface area contributed by atoms with Crippen LogP contribution in [0.5, 0.6) is 0 Å². The molecule has 0 aromatic carbocycles. The van der Waals surface area contributed by atoms with Crippen molar-refractivity contribution in [3.05, 3.63) is 0 Å². The first kappa shape index (κ1) is 12.0.